The van der Waals surface area contributed by atoms with Crippen molar-refractivity contribution in [1.82, 2.24) is 4.98 Å². The van der Waals surface area contributed by atoms with Crippen molar-refractivity contribution in [2.45, 2.75) is 6.42 Å². The van der Waals surface area contributed by atoms with E-state index in [4.69, 9.17) is 10.5 Å². The van der Waals surface area contributed by atoms with Gasteiger partial charge in [0.25, 0.3) is 0 Å². The van der Waals surface area contributed by atoms with Gasteiger partial charge >= 0.3 is 5.97 Å². The quantitative estimate of drug-likeness (QED) is 0.676. The average Bonchev–Trinajstić information content (AvgIpc) is 2.43. The van der Waals surface area contributed by atoms with E-state index in [9.17, 15) is 9.18 Å². The van der Waals surface area contributed by atoms with Crippen molar-refractivity contribution in [3.63, 3.8) is 0 Å². The molecule has 98 valence electrons. The zero-order valence-electron chi connectivity index (χ0n) is 10.2. The van der Waals surface area contributed by atoms with Crippen LogP contribution in [0.1, 0.15) is 15.9 Å². The van der Waals surface area contributed by atoms with E-state index in [0.29, 0.717) is 6.42 Å². The summed E-state index contributed by atoms with van der Waals surface area (Å²) in [6.07, 6.45) is 3.94. The Kier molecular flexibility index (Phi) is 4.07. The molecule has 0 unspecified atom stereocenters. The lowest BCUT2D eigenvalue weighted by Gasteiger charge is -2.05. The van der Waals surface area contributed by atoms with Gasteiger partial charge in [-0.15, -0.1) is 0 Å². The molecule has 4 nitrogen and oxygen atoms in total. The first-order valence-corrected chi connectivity index (χ1v) is 5.78. The van der Waals surface area contributed by atoms with Gasteiger partial charge in [0.2, 0.25) is 0 Å². The number of hydrogen-bond donors (Lipinski definition) is 1. The van der Waals surface area contributed by atoms with Gasteiger partial charge in [-0.2, -0.15) is 0 Å². The Morgan fingerprint density at radius 3 is 2.89 bits per heavy atom. The summed E-state index contributed by atoms with van der Waals surface area (Å²) in [4.78, 5) is 15.6. The van der Waals surface area contributed by atoms with Crippen LogP contribution in [0.25, 0.3) is 0 Å². The first-order valence-electron chi connectivity index (χ1n) is 5.78. The number of rotatable bonds is 4. The van der Waals surface area contributed by atoms with Gasteiger partial charge in [0.05, 0.1) is 17.9 Å². The Labute approximate surface area is 110 Å². The number of nitrogen functional groups attached to an aromatic ring is 1. The van der Waals surface area contributed by atoms with Crippen LogP contribution in [0.2, 0.25) is 0 Å². The standard InChI is InChI=1S/C14H13FN2O2/c15-12-8-11(3-4-13(12)16)14(18)19-7-5-10-2-1-6-17-9-10/h1-4,6,8-9H,5,7,16H2. The number of ether oxygens (including phenoxy) is 1. The number of aromatic nitrogens is 1. The molecular formula is C14H13FN2O2. The molecule has 0 saturated heterocycles. The molecular weight excluding hydrogens is 247 g/mol. The van der Waals surface area contributed by atoms with Crippen LogP contribution in [0.3, 0.4) is 0 Å². The monoisotopic (exact) mass is 260 g/mol. The molecule has 0 aliphatic carbocycles. The summed E-state index contributed by atoms with van der Waals surface area (Å²) in [5, 5.41) is 0. The molecule has 0 amide bonds. The predicted octanol–water partition coefficient (Wildman–Crippen LogP) is 2.20. The molecule has 0 bridgehead atoms. The van der Waals surface area contributed by atoms with Crippen molar-refractivity contribution in [3.05, 3.63) is 59.7 Å². The zero-order valence-corrected chi connectivity index (χ0v) is 10.2. The average molecular weight is 260 g/mol. The first-order chi connectivity index (χ1) is 9.16. The number of carbonyl (C=O) groups excluding carboxylic acids is 1. The van der Waals surface area contributed by atoms with Crippen molar-refractivity contribution in [3.8, 4) is 0 Å². The predicted molar refractivity (Wildman–Crippen MR) is 69.0 cm³/mol. The lowest BCUT2D eigenvalue weighted by atomic mass is 10.2. The Hall–Kier alpha value is -2.43. The third-order valence-electron chi connectivity index (χ3n) is 2.58. The zero-order chi connectivity index (χ0) is 13.7. The van der Waals surface area contributed by atoms with E-state index in [1.165, 1.54) is 12.1 Å². The molecule has 0 aliphatic rings. The minimum absolute atomic E-state index is 0.00640. The molecule has 0 aliphatic heterocycles. The SMILES string of the molecule is Nc1ccc(C(=O)OCCc2cccnc2)cc1F. The van der Waals surface area contributed by atoms with Gasteiger partial charge in [-0.3, -0.25) is 4.98 Å². The van der Waals surface area contributed by atoms with E-state index in [1.807, 2.05) is 12.1 Å². The van der Waals surface area contributed by atoms with E-state index in [1.54, 1.807) is 12.4 Å². The number of pyridine rings is 1. The molecule has 2 aromatic rings. The smallest absolute Gasteiger partial charge is 0.338 e. The Morgan fingerprint density at radius 2 is 2.21 bits per heavy atom. The molecule has 0 spiro atoms. The van der Waals surface area contributed by atoms with Crippen molar-refractivity contribution >= 4 is 11.7 Å². The van der Waals surface area contributed by atoms with Crippen LogP contribution in [0.4, 0.5) is 10.1 Å². The van der Waals surface area contributed by atoms with Gasteiger partial charge in [-0.05, 0) is 29.8 Å². The van der Waals surface area contributed by atoms with Crippen LogP contribution in [0, 0.1) is 5.82 Å². The van der Waals surface area contributed by atoms with E-state index >= 15 is 0 Å². The lowest BCUT2D eigenvalue weighted by Crippen LogP contribution is -2.09. The number of hydrogen-bond acceptors (Lipinski definition) is 4. The number of benzene rings is 1. The fraction of sp³-hybridized carbons (Fsp3) is 0.143. The van der Waals surface area contributed by atoms with Crippen molar-refractivity contribution in [1.29, 1.82) is 0 Å². The maximum atomic E-state index is 13.2. The fourth-order valence-electron chi connectivity index (χ4n) is 1.55. The van der Waals surface area contributed by atoms with Crippen LogP contribution in [-0.2, 0) is 11.2 Å². The van der Waals surface area contributed by atoms with Crippen molar-refractivity contribution in [2.24, 2.45) is 0 Å². The van der Waals surface area contributed by atoms with E-state index < -0.39 is 11.8 Å². The number of nitrogens with two attached hydrogens (primary N) is 1. The third-order valence-corrected chi connectivity index (χ3v) is 2.58. The Morgan fingerprint density at radius 1 is 1.37 bits per heavy atom. The second kappa shape index (κ2) is 5.95. The maximum Gasteiger partial charge on any atom is 0.338 e. The van der Waals surface area contributed by atoms with Gasteiger partial charge in [0.1, 0.15) is 5.82 Å². The third kappa shape index (κ3) is 3.51. The first kappa shape index (κ1) is 13.0. The Balaban J connectivity index is 1.89. The fourth-order valence-corrected chi connectivity index (χ4v) is 1.55. The number of carbonyl (C=O) groups is 1. The Bertz CT molecular complexity index is 573. The minimum Gasteiger partial charge on any atom is -0.462 e. The van der Waals surface area contributed by atoms with E-state index in [2.05, 4.69) is 4.98 Å². The molecule has 0 fully saturated rings. The molecule has 5 heteroatoms. The van der Waals surface area contributed by atoms with Crippen LogP contribution < -0.4 is 5.73 Å². The van der Waals surface area contributed by atoms with Gasteiger partial charge < -0.3 is 10.5 Å². The highest BCUT2D eigenvalue weighted by Gasteiger charge is 2.09. The molecule has 0 atom stereocenters. The van der Waals surface area contributed by atoms with E-state index in [0.717, 1.165) is 11.6 Å². The molecule has 1 aromatic heterocycles. The summed E-state index contributed by atoms with van der Waals surface area (Å²) in [6.45, 7) is 0.219. The normalized spacial score (nSPS) is 10.2. The van der Waals surface area contributed by atoms with Gasteiger partial charge in [0, 0.05) is 18.8 Å². The molecule has 0 radical (unpaired) electrons. The summed E-state index contributed by atoms with van der Waals surface area (Å²) >= 11 is 0. The summed E-state index contributed by atoms with van der Waals surface area (Å²) in [6, 6.07) is 7.55. The number of esters is 1. The number of anilines is 1. The molecule has 1 heterocycles. The maximum absolute atomic E-state index is 13.2. The second-order valence-electron chi connectivity index (χ2n) is 3.98. The highest BCUT2D eigenvalue weighted by atomic mass is 19.1. The van der Waals surface area contributed by atoms with Crippen molar-refractivity contribution in [2.75, 3.05) is 12.3 Å². The largest absolute Gasteiger partial charge is 0.462 e. The molecule has 0 saturated carbocycles. The van der Waals surface area contributed by atoms with Crippen LogP contribution in [-0.4, -0.2) is 17.6 Å². The number of halogens is 1. The lowest BCUT2D eigenvalue weighted by molar-refractivity contribution is 0.0508. The highest BCUT2D eigenvalue weighted by Crippen LogP contribution is 2.12. The van der Waals surface area contributed by atoms with Gasteiger partial charge in [-0.1, -0.05) is 6.07 Å². The second-order valence-corrected chi connectivity index (χ2v) is 3.98. The molecule has 2 N–H and O–H groups in total. The minimum atomic E-state index is -0.623. The summed E-state index contributed by atoms with van der Waals surface area (Å²) in [5.41, 5.74) is 6.46. The summed E-state index contributed by atoms with van der Waals surface area (Å²) in [5.74, 6) is -1.19. The van der Waals surface area contributed by atoms with Gasteiger partial charge in [-0.25, -0.2) is 9.18 Å². The van der Waals surface area contributed by atoms with Crippen molar-refractivity contribution < 1.29 is 13.9 Å². The summed E-state index contributed by atoms with van der Waals surface area (Å²) in [7, 11) is 0. The highest BCUT2D eigenvalue weighted by molar-refractivity contribution is 5.89. The van der Waals surface area contributed by atoms with Crippen LogP contribution >= 0.6 is 0 Å². The summed E-state index contributed by atoms with van der Waals surface area (Å²) < 4.78 is 18.2. The molecule has 1 aromatic carbocycles. The van der Waals surface area contributed by atoms with Crippen LogP contribution in [0.15, 0.2) is 42.7 Å². The van der Waals surface area contributed by atoms with Gasteiger partial charge in [0.15, 0.2) is 0 Å². The molecule has 19 heavy (non-hydrogen) atoms. The van der Waals surface area contributed by atoms with Crippen LogP contribution in [0.5, 0.6) is 0 Å². The number of nitrogens with zero attached hydrogens (tertiary/aromatic N) is 1. The molecule has 2 rings (SSSR count). The topological polar surface area (TPSA) is 65.2 Å². The van der Waals surface area contributed by atoms with E-state index in [-0.39, 0.29) is 17.9 Å².